The number of piperidine rings is 1. The number of fused-ring (bicyclic) bond motifs is 1. The van der Waals surface area contributed by atoms with Gasteiger partial charge >= 0.3 is 0 Å². The fraction of sp³-hybridized carbons (Fsp3) is 0.643. The lowest BCUT2D eigenvalue weighted by atomic mass is 9.46. The molecule has 178 valence electrons. The SMILES string of the molecule is Cc1cc(C)nc(N2C[C@H]3OC45CCC2C3C42CCN(CC3CC3)C5Cc3ccc(O)cc32)n1. The molecule has 4 heterocycles. The number of likely N-dealkylation sites (tertiary alicyclic amines) is 1. The molecule has 6 aliphatic rings. The van der Waals surface area contributed by atoms with Crippen LogP contribution in [0.2, 0.25) is 0 Å². The molecule has 5 unspecified atom stereocenters. The van der Waals surface area contributed by atoms with Gasteiger partial charge < -0.3 is 14.7 Å². The second kappa shape index (κ2) is 6.52. The third-order valence-corrected chi connectivity index (χ3v) is 10.3. The van der Waals surface area contributed by atoms with Gasteiger partial charge in [0.1, 0.15) is 5.75 Å². The van der Waals surface area contributed by atoms with E-state index in [1.165, 1.54) is 30.5 Å². The zero-order chi connectivity index (χ0) is 22.8. The van der Waals surface area contributed by atoms with Crippen LogP contribution in [0.25, 0.3) is 0 Å². The first-order valence-electron chi connectivity index (χ1n) is 13.3. The third-order valence-electron chi connectivity index (χ3n) is 10.3. The van der Waals surface area contributed by atoms with Crippen LogP contribution in [0.15, 0.2) is 24.3 Å². The molecule has 6 atom stereocenters. The van der Waals surface area contributed by atoms with Crippen molar-refractivity contribution in [3.63, 3.8) is 0 Å². The summed E-state index contributed by atoms with van der Waals surface area (Å²) < 4.78 is 7.35. The van der Waals surface area contributed by atoms with Crippen molar-refractivity contribution in [1.82, 2.24) is 14.9 Å². The molecular weight excluding hydrogens is 424 g/mol. The van der Waals surface area contributed by atoms with E-state index in [-0.39, 0.29) is 17.1 Å². The van der Waals surface area contributed by atoms with Crippen molar-refractivity contribution in [2.24, 2.45) is 11.8 Å². The molecule has 3 aliphatic carbocycles. The van der Waals surface area contributed by atoms with Crippen LogP contribution >= 0.6 is 0 Å². The number of aromatic nitrogens is 2. The van der Waals surface area contributed by atoms with Gasteiger partial charge in [0.2, 0.25) is 5.95 Å². The smallest absolute Gasteiger partial charge is 0.226 e. The number of rotatable bonds is 3. The number of anilines is 1. The van der Waals surface area contributed by atoms with Gasteiger partial charge in [-0.25, -0.2) is 9.97 Å². The Hall–Kier alpha value is -2.18. The maximum atomic E-state index is 10.6. The van der Waals surface area contributed by atoms with E-state index in [1.54, 1.807) is 0 Å². The predicted molar refractivity (Wildman–Crippen MR) is 129 cm³/mol. The Morgan fingerprint density at radius 2 is 1.91 bits per heavy atom. The highest BCUT2D eigenvalue weighted by atomic mass is 16.5. The van der Waals surface area contributed by atoms with Gasteiger partial charge in [-0.05, 0) is 94.2 Å². The molecule has 6 nitrogen and oxygen atoms in total. The largest absolute Gasteiger partial charge is 0.508 e. The maximum absolute atomic E-state index is 10.6. The molecule has 5 fully saturated rings. The average molecular weight is 459 g/mol. The Morgan fingerprint density at radius 1 is 1.09 bits per heavy atom. The highest BCUT2D eigenvalue weighted by Crippen LogP contribution is 2.70. The van der Waals surface area contributed by atoms with Crippen molar-refractivity contribution >= 4 is 5.95 Å². The van der Waals surface area contributed by atoms with E-state index in [2.05, 4.69) is 41.8 Å². The lowest BCUT2D eigenvalue weighted by Gasteiger charge is -2.64. The number of hydrogen-bond donors (Lipinski definition) is 1. The number of ether oxygens (including phenoxy) is 1. The lowest BCUT2D eigenvalue weighted by molar-refractivity contribution is -0.162. The van der Waals surface area contributed by atoms with E-state index in [1.807, 2.05) is 6.07 Å². The fourth-order valence-electron chi connectivity index (χ4n) is 9.09. The number of aryl methyl sites for hydroxylation is 2. The molecule has 2 aromatic rings. The number of phenols is 1. The summed E-state index contributed by atoms with van der Waals surface area (Å²) in [5.74, 6) is 2.59. The molecule has 1 N–H and O–H groups in total. The second-order valence-corrected chi connectivity index (χ2v) is 12.0. The van der Waals surface area contributed by atoms with Gasteiger partial charge in [-0.3, -0.25) is 4.90 Å². The quantitative estimate of drug-likeness (QED) is 0.760. The van der Waals surface area contributed by atoms with Crippen LogP contribution in [-0.4, -0.2) is 63.4 Å². The minimum absolute atomic E-state index is 0.0226. The Labute approximate surface area is 201 Å². The van der Waals surface area contributed by atoms with E-state index in [0.717, 1.165) is 62.0 Å². The summed E-state index contributed by atoms with van der Waals surface area (Å²) in [7, 11) is 0. The van der Waals surface area contributed by atoms with Gasteiger partial charge in [0, 0.05) is 47.9 Å². The molecule has 8 rings (SSSR count). The maximum Gasteiger partial charge on any atom is 0.226 e. The summed E-state index contributed by atoms with van der Waals surface area (Å²) in [6, 6.07) is 9.10. The van der Waals surface area contributed by atoms with Crippen molar-refractivity contribution in [2.75, 3.05) is 24.5 Å². The molecule has 34 heavy (non-hydrogen) atoms. The van der Waals surface area contributed by atoms with Gasteiger partial charge in [0.05, 0.1) is 11.7 Å². The van der Waals surface area contributed by atoms with Crippen LogP contribution in [0.5, 0.6) is 5.75 Å². The van der Waals surface area contributed by atoms with Crippen LogP contribution in [0.4, 0.5) is 5.95 Å². The summed E-state index contributed by atoms with van der Waals surface area (Å²) in [5, 5.41) is 10.6. The van der Waals surface area contributed by atoms with Crippen molar-refractivity contribution in [2.45, 2.75) is 81.6 Å². The summed E-state index contributed by atoms with van der Waals surface area (Å²) in [6.07, 6.45) is 7.40. The zero-order valence-electron chi connectivity index (χ0n) is 20.2. The number of benzene rings is 1. The van der Waals surface area contributed by atoms with Crippen LogP contribution < -0.4 is 4.90 Å². The van der Waals surface area contributed by atoms with E-state index in [4.69, 9.17) is 14.7 Å². The number of hydrogen-bond acceptors (Lipinski definition) is 6. The van der Waals surface area contributed by atoms with E-state index in [9.17, 15) is 5.11 Å². The Bertz CT molecular complexity index is 1180. The van der Waals surface area contributed by atoms with Gasteiger partial charge in [-0.1, -0.05) is 6.07 Å². The van der Waals surface area contributed by atoms with Crippen molar-refractivity contribution in [1.29, 1.82) is 0 Å². The van der Waals surface area contributed by atoms with Crippen LogP contribution in [0, 0.1) is 25.7 Å². The highest BCUT2D eigenvalue weighted by Gasteiger charge is 2.78. The second-order valence-electron chi connectivity index (χ2n) is 12.0. The molecule has 0 spiro atoms. The standard InChI is InChI=1S/C28H34N4O2/c1-16-11-17(2)30-26(29-16)32-15-23-25-22(32)7-8-28(34-23)24-12-19-5-6-20(33)13-21(19)27(25,28)9-10-31(24)14-18-3-4-18/h5-6,11,13,18,22-25,33H,3-4,7-10,12,14-15H2,1-2H3/t22?,23-,24?,25?,27?,28?/m1/s1. The van der Waals surface area contributed by atoms with E-state index >= 15 is 0 Å². The Morgan fingerprint density at radius 3 is 2.71 bits per heavy atom. The minimum Gasteiger partial charge on any atom is -0.508 e. The average Bonchev–Trinajstić information content (AvgIpc) is 3.48. The normalized spacial score (nSPS) is 39.8. The van der Waals surface area contributed by atoms with Gasteiger partial charge in [-0.2, -0.15) is 0 Å². The van der Waals surface area contributed by atoms with Gasteiger partial charge in [0.25, 0.3) is 0 Å². The Kier molecular flexibility index (Phi) is 3.85. The number of nitrogens with zero attached hydrogens (tertiary/aromatic N) is 4. The molecule has 2 saturated carbocycles. The first kappa shape index (κ1) is 20.1. The highest BCUT2D eigenvalue weighted by molar-refractivity contribution is 5.54. The van der Waals surface area contributed by atoms with Crippen LogP contribution in [0.3, 0.4) is 0 Å². The molecule has 6 heteroatoms. The number of phenolic OH excluding ortho intramolecular Hbond substituents is 1. The van der Waals surface area contributed by atoms with Gasteiger partial charge in [0.15, 0.2) is 0 Å². The molecule has 3 saturated heterocycles. The summed E-state index contributed by atoms with van der Waals surface area (Å²) in [6.45, 7) is 7.40. The lowest BCUT2D eigenvalue weighted by Crippen LogP contribution is -2.74. The fourth-order valence-corrected chi connectivity index (χ4v) is 9.09. The third kappa shape index (κ3) is 2.39. The van der Waals surface area contributed by atoms with Crippen molar-refractivity contribution in [3.05, 3.63) is 46.8 Å². The summed E-state index contributed by atoms with van der Waals surface area (Å²) >= 11 is 0. The molecule has 4 bridgehead atoms. The summed E-state index contributed by atoms with van der Waals surface area (Å²) in [4.78, 5) is 15.0. The topological polar surface area (TPSA) is 61.7 Å². The number of aromatic hydroxyl groups is 1. The van der Waals surface area contributed by atoms with Crippen LogP contribution in [0.1, 0.15) is 54.6 Å². The first-order valence-corrected chi connectivity index (χ1v) is 13.3. The molecule has 1 aromatic heterocycles. The van der Waals surface area contributed by atoms with Crippen LogP contribution in [-0.2, 0) is 16.6 Å². The predicted octanol–water partition coefficient (Wildman–Crippen LogP) is 3.51. The molecule has 0 radical (unpaired) electrons. The first-order chi connectivity index (χ1) is 16.5. The monoisotopic (exact) mass is 458 g/mol. The van der Waals surface area contributed by atoms with Gasteiger partial charge in [-0.15, -0.1) is 0 Å². The molecule has 1 aromatic carbocycles. The van der Waals surface area contributed by atoms with E-state index < -0.39 is 0 Å². The minimum atomic E-state index is -0.123. The molecular formula is C28H34N4O2. The van der Waals surface area contributed by atoms with Crippen molar-refractivity contribution < 1.29 is 9.84 Å². The zero-order valence-corrected chi connectivity index (χ0v) is 20.2. The van der Waals surface area contributed by atoms with E-state index in [0.29, 0.717) is 23.8 Å². The molecule has 3 aliphatic heterocycles. The summed E-state index contributed by atoms with van der Waals surface area (Å²) in [5.41, 5.74) is 4.74. The molecule has 0 amide bonds. The Balaban J connectivity index is 1.28. The van der Waals surface area contributed by atoms with Crippen molar-refractivity contribution in [3.8, 4) is 5.75 Å².